The summed E-state index contributed by atoms with van der Waals surface area (Å²) in [4.78, 5) is 28.7. The molecule has 0 spiro atoms. The number of hydrogen-bond donors (Lipinski definition) is 5. The molecule has 0 fully saturated rings. The highest BCUT2D eigenvalue weighted by Gasteiger charge is 2.24. The first-order chi connectivity index (χ1) is 8.91. The van der Waals surface area contributed by atoms with Crippen molar-refractivity contribution in [2.75, 3.05) is 0 Å². The van der Waals surface area contributed by atoms with Crippen molar-refractivity contribution in [1.82, 2.24) is 20.8 Å². The third-order valence-electron chi connectivity index (χ3n) is 2.61. The molecule has 0 saturated carbocycles. The van der Waals surface area contributed by atoms with Crippen LogP contribution in [0.3, 0.4) is 0 Å². The zero-order valence-electron chi connectivity index (χ0n) is 10.8. The van der Waals surface area contributed by atoms with Crippen molar-refractivity contribution >= 4 is 11.9 Å². The molecule has 0 radical (unpaired) electrons. The predicted octanol–water partition coefficient (Wildman–Crippen LogP) is -0.391. The molecule has 1 aromatic rings. The second-order valence-electron chi connectivity index (χ2n) is 4.50. The Morgan fingerprint density at radius 2 is 2.00 bits per heavy atom. The first-order valence-electron chi connectivity index (χ1n) is 5.86. The molecule has 1 aromatic heterocycles. The van der Waals surface area contributed by atoms with Crippen molar-refractivity contribution in [3.8, 4) is 0 Å². The third kappa shape index (κ3) is 4.68. The molecule has 0 aliphatic carbocycles. The molecule has 0 bridgehead atoms. The fourth-order valence-electron chi connectivity index (χ4n) is 1.52. The van der Waals surface area contributed by atoms with Gasteiger partial charge in [-0.2, -0.15) is 0 Å². The van der Waals surface area contributed by atoms with Crippen LogP contribution in [0.1, 0.15) is 19.5 Å². The highest BCUT2D eigenvalue weighted by Crippen LogP contribution is 2.02. The quantitative estimate of drug-likeness (QED) is 0.407. The summed E-state index contributed by atoms with van der Waals surface area (Å²) in [5, 5.41) is 18.1. The summed E-state index contributed by atoms with van der Waals surface area (Å²) in [6.07, 6.45) is 3.20. The second kappa shape index (κ2) is 6.86. The van der Waals surface area contributed by atoms with Crippen LogP contribution in [-0.2, 0) is 16.0 Å². The molecule has 106 valence electrons. The Bertz CT molecular complexity index is 418. The molecule has 5 N–H and O–H groups in total. The third-order valence-corrected chi connectivity index (χ3v) is 2.61. The maximum absolute atomic E-state index is 11.1. The molecule has 1 heterocycles. The SMILES string of the molecule is CC(C)[C@H](NN[C@@H](Cc1c[nH]cn1)C(=O)O)C(=O)O. The van der Waals surface area contributed by atoms with Crippen molar-refractivity contribution in [3.63, 3.8) is 0 Å². The predicted molar refractivity (Wildman–Crippen MR) is 66.2 cm³/mol. The molecular formula is C11H18N4O4. The molecule has 1 rings (SSSR count). The number of carboxylic acid groups (broad SMARTS) is 2. The van der Waals surface area contributed by atoms with E-state index in [0.717, 1.165) is 0 Å². The molecule has 0 amide bonds. The minimum atomic E-state index is -1.08. The summed E-state index contributed by atoms with van der Waals surface area (Å²) in [7, 11) is 0. The molecule has 0 aliphatic rings. The molecule has 0 aromatic carbocycles. The van der Waals surface area contributed by atoms with E-state index in [1.807, 2.05) is 0 Å². The number of aromatic nitrogens is 2. The monoisotopic (exact) mass is 270 g/mol. The molecule has 19 heavy (non-hydrogen) atoms. The standard InChI is InChI=1S/C11H18N4O4/c1-6(2)9(11(18)19)15-14-8(10(16)17)3-7-4-12-5-13-7/h4-6,8-9,14-15H,3H2,1-2H3,(H,12,13)(H,16,17)(H,18,19)/t8-,9-/m0/s1. The number of nitrogens with one attached hydrogen (secondary N) is 3. The minimum Gasteiger partial charge on any atom is -0.480 e. The molecule has 0 unspecified atom stereocenters. The lowest BCUT2D eigenvalue weighted by Crippen LogP contribution is -2.54. The van der Waals surface area contributed by atoms with Crippen LogP contribution in [0.4, 0.5) is 0 Å². The summed E-state index contributed by atoms with van der Waals surface area (Å²) in [5.74, 6) is -2.29. The highest BCUT2D eigenvalue weighted by atomic mass is 16.4. The van der Waals surface area contributed by atoms with Crippen molar-refractivity contribution in [2.24, 2.45) is 5.92 Å². The maximum atomic E-state index is 11.1. The van der Waals surface area contributed by atoms with E-state index in [1.165, 1.54) is 6.33 Å². The van der Waals surface area contributed by atoms with Gasteiger partial charge in [0.05, 0.1) is 12.0 Å². The van der Waals surface area contributed by atoms with Gasteiger partial charge in [-0.3, -0.25) is 9.59 Å². The Kier molecular flexibility index (Phi) is 5.46. The van der Waals surface area contributed by atoms with E-state index in [0.29, 0.717) is 5.69 Å². The van der Waals surface area contributed by atoms with Gasteiger partial charge in [0.25, 0.3) is 0 Å². The van der Waals surface area contributed by atoms with E-state index in [4.69, 9.17) is 10.2 Å². The number of hydrazine groups is 1. The van der Waals surface area contributed by atoms with Gasteiger partial charge in [0.2, 0.25) is 0 Å². The maximum Gasteiger partial charge on any atom is 0.322 e. The topological polar surface area (TPSA) is 127 Å². The number of imidazole rings is 1. The first-order valence-corrected chi connectivity index (χ1v) is 5.86. The lowest BCUT2D eigenvalue weighted by Gasteiger charge is -2.21. The number of H-pyrrole nitrogens is 1. The van der Waals surface area contributed by atoms with E-state index >= 15 is 0 Å². The highest BCUT2D eigenvalue weighted by molar-refractivity contribution is 5.75. The van der Waals surface area contributed by atoms with E-state index in [2.05, 4.69) is 20.8 Å². The summed E-state index contributed by atoms with van der Waals surface area (Å²) in [5.41, 5.74) is 5.66. The van der Waals surface area contributed by atoms with Crippen LogP contribution in [-0.4, -0.2) is 44.2 Å². The van der Waals surface area contributed by atoms with E-state index in [1.54, 1.807) is 20.0 Å². The Labute approximate surface area is 110 Å². The van der Waals surface area contributed by atoms with Crippen LogP contribution in [0.5, 0.6) is 0 Å². The van der Waals surface area contributed by atoms with Crippen LogP contribution in [0.15, 0.2) is 12.5 Å². The second-order valence-corrected chi connectivity index (χ2v) is 4.50. The van der Waals surface area contributed by atoms with Gasteiger partial charge in [-0.05, 0) is 5.92 Å². The van der Waals surface area contributed by atoms with Gasteiger partial charge in [0.15, 0.2) is 0 Å². The molecule has 8 heteroatoms. The lowest BCUT2D eigenvalue weighted by atomic mass is 10.1. The van der Waals surface area contributed by atoms with Gasteiger partial charge in [-0.25, -0.2) is 15.8 Å². The van der Waals surface area contributed by atoms with E-state index < -0.39 is 24.0 Å². The number of hydrogen-bond acceptors (Lipinski definition) is 5. The number of rotatable bonds is 8. The number of aromatic amines is 1. The molecule has 8 nitrogen and oxygen atoms in total. The van der Waals surface area contributed by atoms with Crippen LogP contribution in [0.25, 0.3) is 0 Å². The van der Waals surface area contributed by atoms with Gasteiger partial charge in [0.1, 0.15) is 12.1 Å². The van der Waals surface area contributed by atoms with Gasteiger partial charge < -0.3 is 15.2 Å². The zero-order valence-corrected chi connectivity index (χ0v) is 10.8. The normalized spacial score (nSPS) is 14.3. The Balaban J connectivity index is 2.59. The van der Waals surface area contributed by atoms with E-state index in [-0.39, 0.29) is 12.3 Å². The van der Waals surface area contributed by atoms with Crippen LogP contribution < -0.4 is 10.9 Å². The molecular weight excluding hydrogens is 252 g/mol. The van der Waals surface area contributed by atoms with Crippen molar-refractivity contribution in [2.45, 2.75) is 32.4 Å². The lowest BCUT2D eigenvalue weighted by molar-refractivity contribution is -0.143. The number of carbonyl (C=O) groups is 2. The summed E-state index contributed by atoms with van der Waals surface area (Å²) >= 11 is 0. The smallest absolute Gasteiger partial charge is 0.322 e. The van der Waals surface area contributed by atoms with E-state index in [9.17, 15) is 9.59 Å². The average Bonchev–Trinajstić information content (AvgIpc) is 2.79. The fourth-order valence-corrected chi connectivity index (χ4v) is 1.52. The number of aliphatic carboxylic acids is 2. The summed E-state index contributed by atoms with van der Waals surface area (Å²) in [6, 6.07) is -1.81. The summed E-state index contributed by atoms with van der Waals surface area (Å²) < 4.78 is 0. The Morgan fingerprint density at radius 3 is 2.42 bits per heavy atom. The van der Waals surface area contributed by atoms with Gasteiger partial charge >= 0.3 is 11.9 Å². The van der Waals surface area contributed by atoms with Crippen molar-refractivity contribution < 1.29 is 19.8 Å². The van der Waals surface area contributed by atoms with Crippen LogP contribution in [0, 0.1) is 5.92 Å². The average molecular weight is 270 g/mol. The summed E-state index contributed by atoms with van der Waals surface area (Å²) in [6.45, 7) is 3.47. The Morgan fingerprint density at radius 1 is 1.32 bits per heavy atom. The van der Waals surface area contributed by atoms with Crippen molar-refractivity contribution in [1.29, 1.82) is 0 Å². The first kappa shape index (κ1) is 15.1. The fraction of sp³-hybridized carbons (Fsp3) is 0.545. The minimum absolute atomic E-state index is 0.149. The molecule has 0 aliphatic heterocycles. The van der Waals surface area contributed by atoms with Gasteiger partial charge in [-0.1, -0.05) is 13.8 Å². The van der Waals surface area contributed by atoms with Crippen molar-refractivity contribution in [3.05, 3.63) is 18.2 Å². The van der Waals surface area contributed by atoms with Gasteiger partial charge in [-0.15, -0.1) is 0 Å². The molecule has 0 saturated heterocycles. The largest absolute Gasteiger partial charge is 0.480 e. The van der Waals surface area contributed by atoms with Crippen LogP contribution >= 0.6 is 0 Å². The van der Waals surface area contributed by atoms with Gasteiger partial charge in [0, 0.05) is 12.6 Å². The molecule has 2 atom stereocenters. The van der Waals surface area contributed by atoms with Crippen LogP contribution in [0.2, 0.25) is 0 Å². The number of nitrogens with zero attached hydrogens (tertiary/aromatic N) is 1. The number of carboxylic acids is 2. The zero-order chi connectivity index (χ0) is 14.4. The Hall–Kier alpha value is -1.93.